The van der Waals surface area contributed by atoms with Gasteiger partial charge >= 0.3 is 11.9 Å². The lowest BCUT2D eigenvalue weighted by atomic mass is 10.1. The molecule has 0 aliphatic rings. The second kappa shape index (κ2) is 40.8. The molecule has 0 aromatic heterocycles. The second-order valence-corrected chi connectivity index (χ2v) is 13.4. The third kappa shape index (κ3) is 39.8. The molecule has 0 aliphatic carbocycles. The van der Waals surface area contributed by atoms with E-state index in [2.05, 4.69) is 86.8 Å². The van der Waals surface area contributed by atoms with Crippen molar-refractivity contribution in [3.63, 3.8) is 0 Å². The number of ether oxygens (including phenoxy) is 2. The van der Waals surface area contributed by atoms with E-state index in [-0.39, 0.29) is 25.2 Å². The van der Waals surface area contributed by atoms with E-state index >= 15 is 0 Å². The van der Waals surface area contributed by atoms with Gasteiger partial charge in [0.2, 0.25) is 0 Å². The Labute approximate surface area is 308 Å². The van der Waals surface area contributed by atoms with E-state index in [0.717, 1.165) is 57.8 Å². The number of unbranched alkanes of at least 4 members (excludes halogenated alkanes) is 16. The highest BCUT2D eigenvalue weighted by Crippen LogP contribution is 2.13. The summed E-state index contributed by atoms with van der Waals surface area (Å²) in [7, 11) is 0. The van der Waals surface area contributed by atoms with Crippen molar-refractivity contribution >= 4 is 11.9 Å². The van der Waals surface area contributed by atoms with E-state index in [1.807, 2.05) is 0 Å². The minimum absolute atomic E-state index is 0.138. The molecule has 0 saturated carbocycles. The molecule has 0 radical (unpaired) electrons. The number of carbonyl (C=O) groups is 2. The number of aliphatic hydroxyl groups excluding tert-OH is 1. The number of esters is 2. The quantitative estimate of drug-likeness (QED) is 0.0401. The molecule has 0 aromatic carbocycles. The Morgan fingerprint density at radius 2 is 0.780 bits per heavy atom. The summed E-state index contributed by atoms with van der Waals surface area (Å²) in [5.74, 6) is -0.637. The molecular weight excluding hydrogens is 620 g/mol. The smallest absolute Gasteiger partial charge is 0.305 e. The average molecular weight is 697 g/mol. The highest BCUT2D eigenvalue weighted by molar-refractivity contribution is 5.69. The Bertz CT molecular complexity index is 926. The van der Waals surface area contributed by atoms with Crippen molar-refractivity contribution < 1.29 is 24.2 Å². The van der Waals surface area contributed by atoms with Crippen LogP contribution in [0.1, 0.15) is 181 Å². The lowest BCUT2D eigenvalue weighted by Gasteiger charge is -2.12. The normalized spacial score (nSPS) is 12.9. The number of rotatable bonds is 36. The van der Waals surface area contributed by atoms with E-state index < -0.39 is 6.10 Å². The number of allylic oxidation sites excluding steroid dienone is 12. The first-order chi connectivity index (χ1) is 24.6. The third-order valence-electron chi connectivity index (χ3n) is 8.43. The Morgan fingerprint density at radius 1 is 0.440 bits per heavy atom. The lowest BCUT2D eigenvalue weighted by molar-refractivity contribution is -0.152. The van der Waals surface area contributed by atoms with Gasteiger partial charge in [-0.05, 0) is 77.0 Å². The molecule has 1 atom stereocenters. The molecule has 0 spiro atoms. The molecule has 50 heavy (non-hydrogen) atoms. The summed E-state index contributed by atoms with van der Waals surface area (Å²) in [4.78, 5) is 23.9. The zero-order valence-corrected chi connectivity index (χ0v) is 32.4. The summed E-state index contributed by atoms with van der Waals surface area (Å²) in [6.07, 6.45) is 53.9. The maximum atomic E-state index is 12.0. The van der Waals surface area contributed by atoms with Crippen LogP contribution in [0.5, 0.6) is 0 Å². The van der Waals surface area contributed by atoms with Gasteiger partial charge in [0, 0.05) is 12.8 Å². The summed E-state index contributed by atoms with van der Waals surface area (Å²) in [6.45, 7) is 4.13. The molecule has 5 nitrogen and oxygen atoms in total. The van der Waals surface area contributed by atoms with Crippen molar-refractivity contribution in [1.82, 2.24) is 0 Å². The number of aliphatic hydroxyl groups is 1. The van der Waals surface area contributed by atoms with Crippen LogP contribution in [0, 0.1) is 0 Å². The van der Waals surface area contributed by atoms with Gasteiger partial charge in [-0.25, -0.2) is 0 Å². The Balaban J connectivity index is 3.53. The maximum absolute atomic E-state index is 12.0. The van der Waals surface area contributed by atoms with Crippen molar-refractivity contribution in [1.29, 1.82) is 0 Å². The van der Waals surface area contributed by atoms with Crippen LogP contribution in [0.3, 0.4) is 0 Å². The van der Waals surface area contributed by atoms with E-state index in [1.54, 1.807) is 0 Å². The van der Waals surface area contributed by atoms with Crippen molar-refractivity contribution in [2.75, 3.05) is 13.2 Å². The number of carbonyl (C=O) groups excluding carboxylic acids is 2. The SMILES string of the molecule is CC/C=C\C/C=C\C/C=C\C/C=C\C/C=C\CCCC(=O)OC[C@H](O)COC(=O)CCCCCCCCCCC/C=C\CCCCCCCC. The van der Waals surface area contributed by atoms with Gasteiger partial charge < -0.3 is 14.6 Å². The topological polar surface area (TPSA) is 72.8 Å². The van der Waals surface area contributed by atoms with Gasteiger partial charge in [-0.1, -0.05) is 164 Å². The van der Waals surface area contributed by atoms with Crippen LogP contribution in [-0.2, 0) is 19.1 Å². The molecule has 0 heterocycles. The first-order valence-corrected chi connectivity index (χ1v) is 20.5. The first-order valence-electron chi connectivity index (χ1n) is 20.5. The summed E-state index contributed by atoms with van der Waals surface area (Å²) >= 11 is 0. The average Bonchev–Trinajstić information content (AvgIpc) is 3.12. The van der Waals surface area contributed by atoms with E-state index in [4.69, 9.17) is 9.47 Å². The van der Waals surface area contributed by atoms with Crippen LogP contribution >= 0.6 is 0 Å². The molecule has 0 aliphatic heterocycles. The van der Waals surface area contributed by atoms with Gasteiger partial charge in [0.1, 0.15) is 19.3 Å². The van der Waals surface area contributed by atoms with Crippen LogP contribution in [0.25, 0.3) is 0 Å². The lowest BCUT2D eigenvalue weighted by Crippen LogP contribution is -2.25. The summed E-state index contributed by atoms with van der Waals surface area (Å²) in [6, 6.07) is 0. The largest absolute Gasteiger partial charge is 0.463 e. The predicted octanol–water partition coefficient (Wildman–Crippen LogP) is 13.0. The molecule has 0 saturated heterocycles. The van der Waals surface area contributed by atoms with Gasteiger partial charge in [-0.15, -0.1) is 0 Å². The fourth-order valence-corrected chi connectivity index (χ4v) is 5.35. The predicted molar refractivity (Wildman–Crippen MR) is 214 cm³/mol. The zero-order valence-electron chi connectivity index (χ0n) is 32.4. The Hall–Kier alpha value is -2.66. The molecule has 0 unspecified atom stereocenters. The second-order valence-electron chi connectivity index (χ2n) is 13.4. The van der Waals surface area contributed by atoms with Gasteiger partial charge in [0.05, 0.1) is 0 Å². The molecule has 0 rings (SSSR count). The van der Waals surface area contributed by atoms with Gasteiger partial charge in [-0.2, -0.15) is 0 Å². The van der Waals surface area contributed by atoms with Crippen molar-refractivity contribution in [3.05, 3.63) is 72.9 Å². The molecule has 1 N–H and O–H groups in total. The Morgan fingerprint density at radius 3 is 1.24 bits per heavy atom. The molecule has 0 bridgehead atoms. The minimum Gasteiger partial charge on any atom is -0.463 e. The summed E-state index contributed by atoms with van der Waals surface area (Å²) < 4.78 is 10.3. The molecule has 286 valence electrons. The monoisotopic (exact) mass is 697 g/mol. The molecular formula is C45H76O5. The van der Waals surface area contributed by atoms with Gasteiger partial charge in [-0.3, -0.25) is 9.59 Å². The van der Waals surface area contributed by atoms with Crippen molar-refractivity contribution in [2.24, 2.45) is 0 Å². The zero-order chi connectivity index (χ0) is 36.4. The highest BCUT2D eigenvalue weighted by atomic mass is 16.6. The number of hydrogen-bond donors (Lipinski definition) is 1. The Kier molecular flexibility index (Phi) is 38.6. The van der Waals surface area contributed by atoms with Gasteiger partial charge in [0.25, 0.3) is 0 Å². The van der Waals surface area contributed by atoms with E-state index in [9.17, 15) is 14.7 Å². The molecule has 0 fully saturated rings. The van der Waals surface area contributed by atoms with Crippen LogP contribution in [-0.4, -0.2) is 36.4 Å². The first kappa shape index (κ1) is 47.3. The van der Waals surface area contributed by atoms with Crippen LogP contribution < -0.4 is 0 Å². The molecule has 5 heteroatoms. The fourth-order valence-electron chi connectivity index (χ4n) is 5.35. The highest BCUT2D eigenvalue weighted by Gasteiger charge is 2.12. The third-order valence-corrected chi connectivity index (χ3v) is 8.43. The number of hydrogen-bond acceptors (Lipinski definition) is 5. The standard InChI is InChI=1S/C45H76O5/c1-3-5-7-9-11-13-15-17-19-21-22-24-26-28-30-32-34-36-38-40-45(48)50-42-43(46)41-49-44(47)39-37-35-33-31-29-27-25-23-20-18-16-14-12-10-8-6-4-2/h6,8,12,14,17-20,25,27,31,33,43,46H,3-5,7,9-11,13,15-16,21-24,26,28-30,32,34-42H2,1-2H3/b8-6-,14-12-,19-17-,20-18-,27-25-,33-31-/t43-/m0/s1. The summed E-state index contributed by atoms with van der Waals surface area (Å²) in [5, 5.41) is 10.0. The van der Waals surface area contributed by atoms with E-state index in [0.29, 0.717) is 19.3 Å². The van der Waals surface area contributed by atoms with Crippen LogP contribution in [0.15, 0.2) is 72.9 Å². The molecule has 0 aromatic rings. The van der Waals surface area contributed by atoms with Crippen LogP contribution in [0.2, 0.25) is 0 Å². The van der Waals surface area contributed by atoms with Crippen LogP contribution in [0.4, 0.5) is 0 Å². The summed E-state index contributed by atoms with van der Waals surface area (Å²) in [5.41, 5.74) is 0. The molecule has 0 amide bonds. The fraction of sp³-hybridized carbons (Fsp3) is 0.689. The van der Waals surface area contributed by atoms with E-state index in [1.165, 1.54) is 89.9 Å². The van der Waals surface area contributed by atoms with Crippen molar-refractivity contribution in [3.8, 4) is 0 Å². The van der Waals surface area contributed by atoms with Crippen molar-refractivity contribution in [2.45, 2.75) is 187 Å². The maximum Gasteiger partial charge on any atom is 0.305 e. The van der Waals surface area contributed by atoms with Gasteiger partial charge in [0.15, 0.2) is 0 Å². The minimum atomic E-state index is -0.991.